The Kier molecular flexibility index (Phi) is 3.13. The Morgan fingerprint density at radius 2 is 1.84 bits per heavy atom. The lowest BCUT2D eigenvalue weighted by molar-refractivity contribution is -0.148. The van der Waals surface area contributed by atoms with Crippen LogP contribution < -0.4 is 0 Å². The Morgan fingerprint density at radius 3 is 2.26 bits per heavy atom. The second kappa shape index (κ2) is 4.27. The summed E-state index contributed by atoms with van der Waals surface area (Å²) in [6, 6.07) is 3.57. The maximum atomic E-state index is 13.9. The molecule has 2 unspecified atom stereocenters. The number of ether oxygens (including phenoxy) is 2. The number of carbonyl (C=O) groups excluding carboxylic acids is 1. The number of halogens is 2. The Bertz CT molecular complexity index is 509. The lowest BCUT2D eigenvalue weighted by Crippen LogP contribution is -2.38. The average molecular weight is 270 g/mol. The zero-order valence-corrected chi connectivity index (χ0v) is 11.3. The molecule has 5 heteroatoms. The van der Waals surface area contributed by atoms with Gasteiger partial charge in [-0.3, -0.25) is 0 Å². The molecule has 1 aromatic rings. The standard InChI is InChI=1S/C14H16F2O3/c1-8(2)14(12(17)18-4)13(3,19-14)11-9(15)6-5-7-10(11)16/h5-8H,1-4H3. The summed E-state index contributed by atoms with van der Waals surface area (Å²) in [7, 11) is 1.23. The number of rotatable bonds is 3. The Labute approximate surface area is 110 Å². The molecule has 1 aliphatic heterocycles. The smallest absolute Gasteiger partial charge is 0.341 e. The van der Waals surface area contributed by atoms with Crippen molar-refractivity contribution in [3.63, 3.8) is 0 Å². The fourth-order valence-electron chi connectivity index (χ4n) is 2.78. The summed E-state index contributed by atoms with van der Waals surface area (Å²) in [6.45, 7) is 5.01. The van der Waals surface area contributed by atoms with Crippen LogP contribution in [0.1, 0.15) is 26.3 Å². The number of esters is 1. The predicted molar refractivity (Wildman–Crippen MR) is 64.4 cm³/mol. The van der Waals surface area contributed by atoms with E-state index in [4.69, 9.17) is 9.47 Å². The number of benzene rings is 1. The van der Waals surface area contributed by atoms with Crippen LogP contribution in [0.5, 0.6) is 0 Å². The van der Waals surface area contributed by atoms with Gasteiger partial charge in [-0.15, -0.1) is 0 Å². The summed E-state index contributed by atoms with van der Waals surface area (Å²) in [6.07, 6.45) is 0. The van der Waals surface area contributed by atoms with E-state index in [2.05, 4.69) is 0 Å². The summed E-state index contributed by atoms with van der Waals surface area (Å²) < 4.78 is 38.0. The highest BCUT2D eigenvalue weighted by molar-refractivity contribution is 5.85. The molecule has 1 aliphatic rings. The van der Waals surface area contributed by atoms with E-state index in [-0.39, 0.29) is 11.5 Å². The van der Waals surface area contributed by atoms with Gasteiger partial charge >= 0.3 is 5.97 Å². The van der Waals surface area contributed by atoms with Gasteiger partial charge in [-0.2, -0.15) is 0 Å². The molecule has 1 fully saturated rings. The van der Waals surface area contributed by atoms with E-state index in [1.54, 1.807) is 13.8 Å². The molecule has 1 saturated heterocycles. The first-order valence-electron chi connectivity index (χ1n) is 6.04. The number of hydrogen-bond donors (Lipinski definition) is 0. The van der Waals surface area contributed by atoms with Crippen molar-refractivity contribution < 1.29 is 23.0 Å². The van der Waals surface area contributed by atoms with Gasteiger partial charge in [0.1, 0.15) is 17.2 Å². The van der Waals surface area contributed by atoms with Crippen LogP contribution in [-0.2, 0) is 19.9 Å². The zero-order valence-electron chi connectivity index (χ0n) is 11.3. The molecule has 0 saturated carbocycles. The average Bonchev–Trinajstić information content (AvgIpc) is 2.96. The van der Waals surface area contributed by atoms with Gasteiger partial charge in [0.15, 0.2) is 0 Å². The van der Waals surface area contributed by atoms with Crippen molar-refractivity contribution in [2.24, 2.45) is 5.92 Å². The quantitative estimate of drug-likeness (QED) is 0.626. The lowest BCUT2D eigenvalue weighted by atomic mass is 9.80. The van der Waals surface area contributed by atoms with Gasteiger partial charge in [0, 0.05) is 0 Å². The molecule has 0 radical (unpaired) electrons. The van der Waals surface area contributed by atoms with Gasteiger partial charge in [-0.25, -0.2) is 13.6 Å². The van der Waals surface area contributed by atoms with Crippen LogP contribution in [0.15, 0.2) is 18.2 Å². The number of hydrogen-bond acceptors (Lipinski definition) is 3. The molecule has 1 heterocycles. The van der Waals surface area contributed by atoms with E-state index < -0.39 is 28.8 Å². The Balaban J connectivity index is 2.55. The molecule has 0 aliphatic carbocycles. The molecule has 0 amide bonds. The fourth-order valence-corrected chi connectivity index (χ4v) is 2.78. The van der Waals surface area contributed by atoms with E-state index in [9.17, 15) is 13.6 Å². The first-order chi connectivity index (χ1) is 8.81. The number of carbonyl (C=O) groups is 1. The second-order valence-electron chi connectivity index (χ2n) is 5.11. The van der Waals surface area contributed by atoms with Gasteiger partial charge in [0.25, 0.3) is 0 Å². The van der Waals surface area contributed by atoms with Crippen molar-refractivity contribution >= 4 is 5.97 Å². The van der Waals surface area contributed by atoms with Crippen LogP contribution in [-0.4, -0.2) is 18.7 Å². The van der Waals surface area contributed by atoms with Gasteiger partial charge in [0.05, 0.1) is 12.7 Å². The molecular weight excluding hydrogens is 254 g/mol. The highest BCUT2D eigenvalue weighted by Crippen LogP contribution is 2.60. The summed E-state index contributed by atoms with van der Waals surface area (Å²) in [5.74, 6) is -2.35. The van der Waals surface area contributed by atoms with E-state index in [1.165, 1.54) is 20.1 Å². The van der Waals surface area contributed by atoms with Crippen LogP contribution in [0.4, 0.5) is 8.78 Å². The van der Waals surface area contributed by atoms with Gasteiger partial charge in [-0.1, -0.05) is 19.9 Å². The largest absolute Gasteiger partial charge is 0.467 e. The van der Waals surface area contributed by atoms with Gasteiger partial charge < -0.3 is 9.47 Å². The third kappa shape index (κ3) is 1.68. The van der Waals surface area contributed by atoms with Crippen LogP contribution in [0.25, 0.3) is 0 Å². The summed E-state index contributed by atoms with van der Waals surface area (Å²) in [5.41, 5.74) is -2.91. The maximum Gasteiger partial charge on any atom is 0.341 e. The fraction of sp³-hybridized carbons (Fsp3) is 0.500. The second-order valence-corrected chi connectivity index (χ2v) is 5.11. The van der Waals surface area contributed by atoms with Gasteiger partial charge in [0.2, 0.25) is 5.60 Å². The van der Waals surface area contributed by atoms with E-state index in [1.807, 2.05) is 0 Å². The van der Waals surface area contributed by atoms with Crippen LogP contribution in [0, 0.1) is 17.6 Å². The minimum Gasteiger partial charge on any atom is -0.467 e. The molecule has 0 N–H and O–H groups in total. The Morgan fingerprint density at radius 1 is 1.32 bits per heavy atom. The topological polar surface area (TPSA) is 38.8 Å². The molecule has 3 nitrogen and oxygen atoms in total. The third-order valence-corrected chi connectivity index (χ3v) is 3.77. The van der Waals surface area contributed by atoms with Crippen LogP contribution >= 0.6 is 0 Å². The van der Waals surface area contributed by atoms with Gasteiger partial charge in [-0.05, 0) is 25.0 Å². The summed E-state index contributed by atoms with van der Waals surface area (Å²) in [4.78, 5) is 12.0. The monoisotopic (exact) mass is 270 g/mol. The van der Waals surface area contributed by atoms with E-state index in [0.717, 1.165) is 12.1 Å². The zero-order chi connectivity index (χ0) is 14.4. The molecule has 19 heavy (non-hydrogen) atoms. The molecule has 104 valence electrons. The summed E-state index contributed by atoms with van der Waals surface area (Å²) >= 11 is 0. The van der Waals surface area contributed by atoms with Crippen LogP contribution in [0.2, 0.25) is 0 Å². The van der Waals surface area contributed by atoms with Crippen molar-refractivity contribution in [3.8, 4) is 0 Å². The number of epoxide rings is 1. The SMILES string of the molecule is COC(=O)C1(C(C)C)OC1(C)c1c(F)cccc1F. The highest BCUT2D eigenvalue weighted by Gasteiger charge is 2.76. The lowest BCUT2D eigenvalue weighted by Gasteiger charge is -2.19. The van der Waals surface area contributed by atoms with Crippen molar-refractivity contribution in [3.05, 3.63) is 35.4 Å². The molecular formula is C14H16F2O3. The normalized spacial score (nSPS) is 29.4. The van der Waals surface area contributed by atoms with Crippen LogP contribution in [0.3, 0.4) is 0 Å². The van der Waals surface area contributed by atoms with Crippen molar-refractivity contribution in [2.75, 3.05) is 7.11 Å². The maximum absolute atomic E-state index is 13.9. The molecule has 0 spiro atoms. The molecule has 2 atom stereocenters. The van der Waals surface area contributed by atoms with Crippen molar-refractivity contribution in [2.45, 2.75) is 32.0 Å². The van der Waals surface area contributed by atoms with E-state index >= 15 is 0 Å². The number of methoxy groups -OCH3 is 1. The first kappa shape index (κ1) is 13.9. The van der Waals surface area contributed by atoms with Crippen molar-refractivity contribution in [1.29, 1.82) is 0 Å². The molecule has 2 rings (SSSR count). The highest BCUT2D eigenvalue weighted by atomic mass is 19.1. The minimum atomic E-state index is -1.34. The summed E-state index contributed by atoms with van der Waals surface area (Å²) in [5, 5.41) is 0. The molecule has 1 aromatic carbocycles. The first-order valence-corrected chi connectivity index (χ1v) is 6.04. The predicted octanol–water partition coefficient (Wildman–Crippen LogP) is 2.78. The third-order valence-electron chi connectivity index (χ3n) is 3.77. The Hall–Kier alpha value is -1.49. The van der Waals surface area contributed by atoms with E-state index in [0.29, 0.717) is 0 Å². The minimum absolute atomic E-state index is 0.228. The van der Waals surface area contributed by atoms with Crippen molar-refractivity contribution in [1.82, 2.24) is 0 Å². The molecule has 0 aromatic heterocycles. The molecule has 0 bridgehead atoms.